The number of aliphatic imine (C=N–C) groups is 1. The van der Waals surface area contributed by atoms with E-state index in [2.05, 4.69) is 21.4 Å². The molecule has 0 saturated carbocycles. The Morgan fingerprint density at radius 2 is 2.13 bits per heavy atom. The van der Waals surface area contributed by atoms with Gasteiger partial charge in [-0.1, -0.05) is 0 Å². The van der Waals surface area contributed by atoms with Crippen molar-refractivity contribution in [3.8, 4) is 6.07 Å². The number of nitrogens with one attached hydrogen (secondary N) is 1. The fourth-order valence-corrected chi connectivity index (χ4v) is 3.29. The van der Waals surface area contributed by atoms with E-state index in [1.165, 1.54) is 24.3 Å². The molecule has 162 valence electrons. The van der Waals surface area contributed by atoms with Gasteiger partial charge < -0.3 is 15.8 Å². The van der Waals surface area contributed by atoms with E-state index in [0.717, 1.165) is 12.3 Å². The third-order valence-electron chi connectivity index (χ3n) is 5.17. The maximum Gasteiger partial charge on any atom is 0.274 e. The van der Waals surface area contributed by atoms with E-state index in [1.807, 2.05) is 6.92 Å². The van der Waals surface area contributed by atoms with Crippen LogP contribution in [0.3, 0.4) is 0 Å². The number of amides is 1. The number of carbonyl (C=O) groups excluding carboxylic acids is 1. The van der Waals surface area contributed by atoms with Gasteiger partial charge in [-0.2, -0.15) is 5.26 Å². The third-order valence-corrected chi connectivity index (χ3v) is 5.17. The van der Waals surface area contributed by atoms with Crippen LogP contribution >= 0.6 is 0 Å². The van der Waals surface area contributed by atoms with Gasteiger partial charge in [-0.25, -0.2) is 13.8 Å². The molecule has 0 aliphatic carbocycles. The average Bonchev–Trinajstić information content (AvgIpc) is 3.11. The lowest BCUT2D eigenvalue weighted by atomic mass is 9.86. The first-order chi connectivity index (χ1) is 14.6. The summed E-state index contributed by atoms with van der Waals surface area (Å²) in [4.78, 5) is 20.7. The van der Waals surface area contributed by atoms with E-state index in [-0.39, 0.29) is 29.8 Å². The van der Waals surface area contributed by atoms with Gasteiger partial charge in [0.15, 0.2) is 0 Å². The molecule has 1 saturated heterocycles. The minimum absolute atomic E-state index is 0.0119. The van der Waals surface area contributed by atoms with E-state index in [0.29, 0.717) is 12.1 Å². The number of anilines is 1. The molecule has 1 aliphatic rings. The van der Waals surface area contributed by atoms with Crippen LogP contribution in [0.1, 0.15) is 43.2 Å². The molecule has 0 bridgehead atoms. The molecule has 2 aromatic rings. The smallest absolute Gasteiger partial charge is 0.274 e. The molecule has 1 aromatic heterocycles. The summed E-state index contributed by atoms with van der Waals surface area (Å²) in [6.07, 6.45) is 1.08. The molecule has 31 heavy (non-hydrogen) atoms. The molecule has 1 aliphatic heterocycles. The highest BCUT2D eigenvalue weighted by molar-refractivity contribution is 6.02. The van der Waals surface area contributed by atoms with E-state index in [4.69, 9.17) is 10.5 Å². The summed E-state index contributed by atoms with van der Waals surface area (Å²) in [5.41, 5.74) is 4.43. The summed E-state index contributed by atoms with van der Waals surface area (Å²) in [6, 6.07) is 8.55. The van der Waals surface area contributed by atoms with Crippen molar-refractivity contribution in [3.05, 3.63) is 59.4 Å². The number of aromatic nitrogens is 1. The quantitative estimate of drug-likeness (QED) is 0.560. The molecule has 1 aromatic carbocycles. The summed E-state index contributed by atoms with van der Waals surface area (Å²) in [7, 11) is 0. The first-order valence-electron chi connectivity index (χ1n) is 9.68. The maximum atomic E-state index is 14.9. The average molecular weight is 427 g/mol. The summed E-state index contributed by atoms with van der Waals surface area (Å²) >= 11 is 0. The van der Waals surface area contributed by atoms with E-state index < -0.39 is 28.5 Å². The monoisotopic (exact) mass is 427 g/mol. The number of benzene rings is 1. The molecular formula is C22H23F2N5O2. The van der Waals surface area contributed by atoms with Crippen LogP contribution < -0.4 is 11.1 Å². The molecule has 0 radical (unpaired) electrons. The number of ether oxygens (including phenoxy) is 1. The first-order valence-corrected chi connectivity index (χ1v) is 9.68. The number of nitrogens with two attached hydrogens (primary N) is 1. The van der Waals surface area contributed by atoms with Gasteiger partial charge in [-0.3, -0.25) is 9.79 Å². The highest BCUT2D eigenvalue weighted by Crippen LogP contribution is 2.41. The van der Waals surface area contributed by atoms with Crippen LogP contribution in [0.4, 0.5) is 14.5 Å². The summed E-state index contributed by atoms with van der Waals surface area (Å²) in [5, 5.41) is 12.0. The van der Waals surface area contributed by atoms with Crippen molar-refractivity contribution in [1.29, 1.82) is 5.26 Å². The second-order valence-electron chi connectivity index (χ2n) is 8.10. The largest absolute Gasteiger partial charge is 0.386 e. The Balaban J connectivity index is 1.99. The lowest BCUT2D eigenvalue weighted by Crippen LogP contribution is -2.36. The van der Waals surface area contributed by atoms with Crippen LogP contribution in [0.15, 0.2) is 41.5 Å². The molecule has 1 amide bonds. The first kappa shape index (κ1) is 22.3. The minimum Gasteiger partial charge on any atom is -0.386 e. The number of hydrogen-bond acceptors (Lipinski definition) is 5. The SMILES string of the molecule is CC1CC(N=C(N)C(C)(C)C#N)(c2cc(NC(=O)c3ccc(F)cn3)ccc2F)CO1. The number of amidine groups is 1. The second kappa shape index (κ2) is 8.40. The van der Waals surface area contributed by atoms with Crippen LogP contribution in [0.25, 0.3) is 0 Å². The van der Waals surface area contributed by atoms with E-state index in [1.54, 1.807) is 13.8 Å². The highest BCUT2D eigenvalue weighted by atomic mass is 19.1. The van der Waals surface area contributed by atoms with Crippen molar-refractivity contribution in [3.63, 3.8) is 0 Å². The molecule has 3 rings (SSSR count). The van der Waals surface area contributed by atoms with Crippen LogP contribution in [0.2, 0.25) is 0 Å². The predicted molar refractivity (Wildman–Crippen MR) is 111 cm³/mol. The molecule has 7 nitrogen and oxygen atoms in total. The zero-order valence-electron chi connectivity index (χ0n) is 17.4. The zero-order valence-corrected chi connectivity index (χ0v) is 17.4. The van der Waals surface area contributed by atoms with Gasteiger partial charge >= 0.3 is 0 Å². The Bertz CT molecular complexity index is 1060. The maximum absolute atomic E-state index is 14.9. The van der Waals surface area contributed by atoms with Crippen molar-refractivity contribution in [2.75, 3.05) is 11.9 Å². The molecule has 0 spiro atoms. The van der Waals surface area contributed by atoms with Crippen LogP contribution in [-0.2, 0) is 10.3 Å². The summed E-state index contributed by atoms with van der Waals surface area (Å²) < 4.78 is 33.7. The topological polar surface area (TPSA) is 113 Å². The second-order valence-corrected chi connectivity index (χ2v) is 8.10. The highest BCUT2D eigenvalue weighted by Gasteiger charge is 2.43. The Morgan fingerprint density at radius 1 is 1.39 bits per heavy atom. The third kappa shape index (κ3) is 4.70. The zero-order chi connectivity index (χ0) is 22.8. The lowest BCUT2D eigenvalue weighted by molar-refractivity contribution is 0.102. The van der Waals surface area contributed by atoms with E-state index >= 15 is 0 Å². The van der Waals surface area contributed by atoms with Gasteiger partial charge in [0.05, 0.1) is 25.0 Å². The fraction of sp³-hybridized carbons (Fsp3) is 0.364. The van der Waals surface area contributed by atoms with Crippen molar-refractivity contribution < 1.29 is 18.3 Å². The van der Waals surface area contributed by atoms with Gasteiger partial charge in [0, 0.05) is 17.7 Å². The Hall–Kier alpha value is -3.38. The Labute approximate surface area is 179 Å². The van der Waals surface area contributed by atoms with Gasteiger partial charge in [-0.05, 0) is 51.1 Å². The number of halogens is 2. The van der Waals surface area contributed by atoms with Gasteiger partial charge in [0.1, 0.15) is 34.1 Å². The van der Waals surface area contributed by atoms with Crippen LogP contribution in [0.5, 0.6) is 0 Å². The summed E-state index contributed by atoms with van der Waals surface area (Å²) in [5.74, 6) is -1.61. The Morgan fingerprint density at radius 3 is 2.71 bits per heavy atom. The van der Waals surface area contributed by atoms with Crippen molar-refractivity contribution in [2.24, 2.45) is 16.1 Å². The van der Waals surface area contributed by atoms with E-state index in [9.17, 15) is 18.8 Å². The number of nitriles is 1. The van der Waals surface area contributed by atoms with Gasteiger partial charge in [0.25, 0.3) is 5.91 Å². The number of hydrogen-bond donors (Lipinski definition) is 2. The standard InChI is InChI=1S/C22H23F2N5O2/c1-13-9-22(12-31-13,29-20(26)21(2,3)11-25)16-8-15(5-6-17(16)24)28-19(30)18-7-4-14(23)10-27-18/h4-8,10,13H,9,12H2,1-3H3,(H2,26,29)(H,28,30). The lowest BCUT2D eigenvalue weighted by Gasteiger charge is -2.28. The Kier molecular flexibility index (Phi) is 6.04. The molecule has 9 heteroatoms. The van der Waals surface area contributed by atoms with Crippen molar-refractivity contribution >= 4 is 17.4 Å². The predicted octanol–water partition coefficient (Wildman–Crippen LogP) is 3.52. The molecule has 1 fully saturated rings. The van der Waals surface area contributed by atoms with Crippen LogP contribution in [-0.4, -0.2) is 29.4 Å². The van der Waals surface area contributed by atoms with Gasteiger partial charge in [0.2, 0.25) is 0 Å². The summed E-state index contributed by atoms with van der Waals surface area (Å²) in [6.45, 7) is 5.17. The fourth-order valence-electron chi connectivity index (χ4n) is 3.29. The van der Waals surface area contributed by atoms with Crippen molar-refractivity contribution in [1.82, 2.24) is 4.98 Å². The molecule has 2 heterocycles. The van der Waals surface area contributed by atoms with Crippen LogP contribution in [0, 0.1) is 28.4 Å². The molecule has 2 atom stereocenters. The number of rotatable bonds is 5. The number of pyridine rings is 1. The normalized spacial score (nSPS) is 21.5. The minimum atomic E-state index is -1.14. The van der Waals surface area contributed by atoms with Gasteiger partial charge in [-0.15, -0.1) is 0 Å². The number of carbonyl (C=O) groups is 1. The molecule has 3 N–H and O–H groups in total. The molecular weight excluding hydrogens is 404 g/mol. The molecule has 2 unspecified atom stereocenters. The number of nitrogens with zero attached hydrogens (tertiary/aromatic N) is 3. The van der Waals surface area contributed by atoms with Crippen molar-refractivity contribution in [2.45, 2.75) is 38.8 Å².